The highest BCUT2D eigenvalue weighted by Gasteiger charge is 2.29. The first-order valence-electron chi connectivity index (χ1n) is 4.61. The number of nitrogens with zero attached hydrogens (tertiary/aromatic N) is 3. The fourth-order valence-electron chi connectivity index (χ4n) is 1.74. The number of rotatable bonds is 2. The lowest BCUT2D eigenvalue weighted by atomic mass is 10.3. The van der Waals surface area contributed by atoms with Gasteiger partial charge in [-0.3, -0.25) is 4.68 Å². The predicted molar refractivity (Wildman–Crippen MR) is 60.0 cm³/mol. The Morgan fingerprint density at radius 1 is 1.60 bits per heavy atom. The molecule has 2 heterocycles. The summed E-state index contributed by atoms with van der Waals surface area (Å²) >= 11 is 3.32. The van der Waals surface area contributed by atoms with E-state index in [1.807, 2.05) is 10.9 Å². The van der Waals surface area contributed by atoms with Crippen molar-refractivity contribution in [3.63, 3.8) is 0 Å². The lowest BCUT2D eigenvalue weighted by Gasteiger charge is -2.13. The predicted octanol–water partition coefficient (Wildman–Crippen LogP) is 0.852. The van der Waals surface area contributed by atoms with Gasteiger partial charge in [-0.25, -0.2) is 8.42 Å². The quantitative estimate of drug-likeness (QED) is 0.812. The van der Waals surface area contributed by atoms with Crippen LogP contribution in [0.2, 0.25) is 0 Å². The fourth-order valence-corrected chi connectivity index (χ4v) is 2.92. The smallest absolute Gasteiger partial charge is 0.211 e. The summed E-state index contributed by atoms with van der Waals surface area (Å²) < 4.78 is 26.8. The average molecular weight is 294 g/mol. The lowest BCUT2D eigenvalue weighted by Crippen LogP contribution is -2.28. The van der Waals surface area contributed by atoms with E-state index >= 15 is 0 Å². The van der Waals surface area contributed by atoms with Crippen molar-refractivity contribution in [1.29, 1.82) is 0 Å². The first kappa shape index (κ1) is 11.1. The maximum absolute atomic E-state index is 11.3. The van der Waals surface area contributed by atoms with Crippen molar-refractivity contribution < 1.29 is 8.42 Å². The summed E-state index contributed by atoms with van der Waals surface area (Å²) in [6, 6.07) is 0.158. The van der Waals surface area contributed by atoms with Crippen LogP contribution in [0.25, 0.3) is 0 Å². The fraction of sp³-hybridized carbons (Fsp3) is 0.625. The Morgan fingerprint density at radius 3 is 2.80 bits per heavy atom. The Morgan fingerprint density at radius 2 is 2.33 bits per heavy atom. The zero-order valence-electron chi connectivity index (χ0n) is 8.30. The van der Waals surface area contributed by atoms with Crippen LogP contribution in [0.5, 0.6) is 0 Å². The van der Waals surface area contributed by atoms with E-state index in [-0.39, 0.29) is 6.04 Å². The van der Waals surface area contributed by atoms with Gasteiger partial charge >= 0.3 is 0 Å². The standard InChI is InChI=1S/C8H12BrN3O2S/c1-15(13,14)11-3-2-8(6-11)12-5-7(9)4-10-12/h4-5,8H,2-3,6H2,1H3. The second kappa shape index (κ2) is 3.88. The van der Waals surface area contributed by atoms with Crippen LogP contribution in [0.3, 0.4) is 0 Å². The minimum absolute atomic E-state index is 0.158. The number of hydrogen-bond donors (Lipinski definition) is 0. The number of hydrogen-bond acceptors (Lipinski definition) is 3. The Balaban J connectivity index is 2.11. The Bertz CT molecular complexity index is 456. The number of aromatic nitrogens is 2. The average Bonchev–Trinajstić information content (AvgIpc) is 2.69. The molecule has 1 fully saturated rings. The molecule has 0 bridgehead atoms. The van der Waals surface area contributed by atoms with Crippen LogP contribution >= 0.6 is 15.9 Å². The molecule has 15 heavy (non-hydrogen) atoms. The van der Waals surface area contributed by atoms with E-state index in [0.29, 0.717) is 13.1 Å². The molecule has 1 aliphatic heterocycles. The van der Waals surface area contributed by atoms with Gasteiger partial charge in [0, 0.05) is 19.3 Å². The number of halogens is 1. The SMILES string of the molecule is CS(=O)(=O)N1CCC(n2cc(Br)cn2)C1. The molecular formula is C8H12BrN3O2S. The van der Waals surface area contributed by atoms with Crippen molar-refractivity contribution in [2.45, 2.75) is 12.5 Å². The molecule has 84 valence electrons. The van der Waals surface area contributed by atoms with Crippen molar-refractivity contribution in [1.82, 2.24) is 14.1 Å². The molecule has 7 heteroatoms. The molecule has 1 aliphatic rings. The van der Waals surface area contributed by atoms with E-state index in [9.17, 15) is 8.42 Å². The third-order valence-electron chi connectivity index (χ3n) is 2.54. The van der Waals surface area contributed by atoms with Crippen LogP contribution in [-0.4, -0.2) is 41.8 Å². The van der Waals surface area contributed by atoms with E-state index in [4.69, 9.17) is 0 Å². The monoisotopic (exact) mass is 293 g/mol. The molecule has 0 aromatic carbocycles. The maximum atomic E-state index is 11.3. The molecule has 1 unspecified atom stereocenters. The highest BCUT2D eigenvalue weighted by Crippen LogP contribution is 2.23. The maximum Gasteiger partial charge on any atom is 0.211 e. The number of sulfonamides is 1. The first-order valence-corrected chi connectivity index (χ1v) is 7.26. The van der Waals surface area contributed by atoms with Crippen LogP contribution in [0, 0.1) is 0 Å². The van der Waals surface area contributed by atoms with Gasteiger partial charge in [0.05, 0.1) is 23.0 Å². The summed E-state index contributed by atoms with van der Waals surface area (Å²) in [6.45, 7) is 1.11. The third kappa shape index (κ3) is 2.40. The third-order valence-corrected chi connectivity index (χ3v) is 4.22. The van der Waals surface area contributed by atoms with Crippen molar-refractivity contribution in [2.75, 3.05) is 19.3 Å². The molecule has 1 saturated heterocycles. The highest BCUT2D eigenvalue weighted by atomic mass is 79.9. The molecule has 0 amide bonds. The van der Waals surface area contributed by atoms with Gasteiger partial charge in [0.1, 0.15) is 0 Å². The van der Waals surface area contributed by atoms with Crippen molar-refractivity contribution in [3.8, 4) is 0 Å². The summed E-state index contributed by atoms with van der Waals surface area (Å²) in [5, 5.41) is 4.16. The molecule has 0 radical (unpaired) electrons. The molecule has 1 atom stereocenters. The zero-order chi connectivity index (χ0) is 11.1. The molecule has 1 aromatic heterocycles. The Hall–Kier alpha value is -0.400. The summed E-state index contributed by atoms with van der Waals surface area (Å²) in [6.07, 6.45) is 5.65. The van der Waals surface area contributed by atoms with Crippen molar-refractivity contribution in [2.24, 2.45) is 0 Å². The van der Waals surface area contributed by atoms with E-state index in [1.54, 1.807) is 6.20 Å². The minimum atomic E-state index is -3.06. The molecule has 0 saturated carbocycles. The normalized spacial score (nSPS) is 23.5. The van der Waals surface area contributed by atoms with Gasteiger partial charge in [-0.1, -0.05) is 0 Å². The Kier molecular flexibility index (Phi) is 2.87. The summed E-state index contributed by atoms with van der Waals surface area (Å²) in [5.41, 5.74) is 0. The van der Waals surface area contributed by atoms with Gasteiger partial charge in [0.15, 0.2) is 0 Å². The van der Waals surface area contributed by atoms with Gasteiger partial charge in [0.25, 0.3) is 0 Å². The van der Waals surface area contributed by atoms with Crippen LogP contribution in [0.15, 0.2) is 16.9 Å². The molecule has 0 N–H and O–H groups in total. The Labute approximate surface area is 97.2 Å². The topological polar surface area (TPSA) is 55.2 Å². The van der Waals surface area contributed by atoms with Gasteiger partial charge in [-0.05, 0) is 22.4 Å². The van der Waals surface area contributed by atoms with Gasteiger partial charge < -0.3 is 0 Å². The van der Waals surface area contributed by atoms with Crippen LogP contribution in [0.4, 0.5) is 0 Å². The van der Waals surface area contributed by atoms with Crippen molar-refractivity contribution >= 4 is 26.0 Å². The summed E-state index contributed by atoms with van der Waals surface area (Å²) in [7, 11) is -3.06. The molecule has 5 nitrogen and oxygen atoms in total. The van der Waals surface area contributed by atoms with Crippen molar-refractivity contribution in [3.05, 3.63) is 16.9 Å². The summed E-state index contributed by atoms with van der Waals surface area (Å²) in [5.74, 6) is 0. The first-order chi connectivity index (χ1) is 6.97. The summed E-state index contributed by atoms with van der Waals surface area (Å²) in [4.78, 5) is 0. The minimum Gasteiger partial charge on any atom is -0.267 e. The largest absolute Gasteiger partial charge is 0.267 e. The second-order valence-corrected chi connectivity index (χ2v) is 6.60. The second-order valence-electron chi connectivity index (χ2n) is 3.70. The van der Waals surface area contributed by atoms with Gasteiger partial charge in [-0.15, -0.1) is 0 Å². The lowest BCUT2D eigenvalue weighted by molar-refractivity contribution is 0.437. The van der Waals surface area contributed by atoms with Crippen LogP contribution in [0.1, 0.15) is 12.5 Å². The molecular weight excluding hydrogens is 282 g/mol. The van der Waals surface area contributed by atoms with E-state index in [0.717, 1.165) is 10.9 Å². The zero-order valence-corrected chi connectivity index (χ0v) is 10.7. The molecule has 1 aromatic rings. The van der Waals surface area contributed by atoms with Gasteiger partial charge in [0.2, 0.25) is 10.0 Å². The van der Waals surface area contributed by atoms with Crippen LogP contribution < -0.4 is 0 Å². The molecule has 2 rings (SSSR count). The molecule has 0 aliphatic carbocycles. The van der Waals surface area contributed by atoms with Gasteiger partial charge in [-0.2, -0.15) is 9.40 Å². The van der Waals surface area contributed by atoms with E-state index in [1.165, 1.54) is 10.6 Å². The molecule has 0 spiro atoms. The highest BCUT2D eigenvalue weighted by molar-refractivity contribution is 9.10. The van der Waals surface area contributed by atoms with E-state index in [2.05, 4.69) is 21.0 Å². The van der Waals surface area contributed by atoms with E-state index < -0.39 is 10.0 Å². The van der Waals surface area contributed by atoms with Crippen LogP contribution in [-0.2, 0) is 10.0 Å².